The van der Waals surface area contributed by atoms with Crippen molar-refractivity contribution in [1.29, 1.82) is 0 Å². The first-order chi connectivity index (χ1) is 9.78. The topological polar surface area (TPSA) is 68.6 Å². The van der Waals surface area contributed by atoms with Crippen molar-refractivity contribution in [3.05, 3.63) is 59.9 Å². The third kappa shape index (κ3) is 2.33. The van der Waals surface area contributed by atoms with Crippen LogP contribution in [0.5, 0.6) is 11.5 Å². The summed E-state index contributed by atoms with van der Waals surface area (Å²) in [6.07, 6.45) is 1.70. The lowest BCUT2D eigenvalue weighted by atomic mass is 10.1. The maximum atomic E-state index is 9.23. The molecule has 0 aliphatic carbocycles. The smallest absolute Gasteiger partial charge is 0.134 e. The van der Waals surface area contributed by atoms with E-state index >= 15 is 0 Å². The van der Waals surface area contributed by atoms with Crippen LogP contribution in [0.25, 0.3) is 11.0 Å². The number of nitrogens with two attached hydrogens (primary N) is 1. The summed E-state index contributed by atoms with van der Waals surface area (Å²) in [4.78, 5) is 0. The molecule has 1 heterocycles. The number of rotatable bonds is 4. The third-order valence-electron chi connectivity index (χ3n) is 3.21. The van der Waals surface area contributed by atoms with Crippen LogP contribution < -0.4 is 10.5 Å². The maximum absolute atomic E-state index is 9.23. The van der Waals surface area contributed by atoms with E-state index < -0.39 is 0 Å². The molecule has 0 spiro atoms. The molecule has 4 nitrogen and oxygen atoms in total. The summed E-state index contributed by atoms with van der Waals surface area (Å²) < 4.78 is 11.2. The van der Waals surface area contributed by atoms with Crippen molar-refractivity contribution in [2.45, 2.75) is 13.2 Å². The van der Waals surface area contributed by atoms with Gasteiger partial charge < -0.3 is 20.0 Å². The SMILES string of the molecule is NCc1cccc2occ(COc3ccc(O)cc3)c12. The van der Waals surface area contributed by atoms with E-state index in [9.17, 15) is 5.11 Å². The lowest BCUT2D eigenvalue weighted by Gasteiger charge is -2.06. The molecule has 102 valence electrons. The van der Waals surface area contributed by atoms with Crippen molar-refractivity contribution in [3.8, 4) is 11.5 Å². The van der Waals surface area contributed by atoms with Gasteiger partial charge in [0, 0.05) is 17.5 Å². The first kappa shape index (κ1) is 12.6. The summed E-state index contributed by atoms with van der Waals surface area (Å²) in [6.45, 7) is 0.859. The van der Waals surface area contributed by atoms with E-state index in [1.807, 2.05) is 18.2 Å². The molecule has 0 amide bonds. The number of phenolic OH excluding ortho intramolecular Hbond substituents is 1. The second-order valence-corrected chi connectivity index (χ2v) is 4.54. The Morgan fingerprint density at radius 1 is 1.05 bits per heavy atom. The van der Waals surface area contributed by atoms with Crippen LogP contribution in [0.3, 0.4) is 0 Å². The molecule has 0 saturated heterocycles. The van der Waals surface area contributed by atoms with Crippen molar-refractivity contribution in [1.82, 2.24) is 0 Å². The molecular weight excluding hydrogens is 254 g/mol. The first-order valence-electron chi connectivity index (χ1n) is 6.38. The van der Waals surface area contributed by atoms with Crippen LogP contribution in [0.15, 0.2) is 53.1 Å². The van der Waals surface area contributed by atoms with Crippen LogP contribution in [0.1, 0.15) is 11.1 Å². The summed E-state index contributed by atoms with van der Waals surface area (Å²) in [5, 5.41) is 10.3. The molecular formula is C16H15NO3. The van der Waals surface area contributed by atoms with Gasteiger partial charge in [-0.2, -0.15) is 0 Å². The first-order valence-corrected chi connectivity index (χ1v) is 6.38. The minimum Gasteiger partial charge on any atom is -0.508 e. The van der Waals surface area contributed by atoms with Gasteiger partial charge in [-0.05, 0) is 35.9 Å². The minimum atomic E-state index is 0.219. The Morgan fingerprint density at radius 3 is 2.60 bits per heavy atom. The van der Waals surface area contributed by atoms with Gasteiger partial charge >= 0.3 is 0 Å². The van der Waals surface area contributed by atoms with E-state index in [4.69, 9.17) is 14.9 Å². The van der Waals surface area contributed by atoms with Gasteiger partial charge in [-0.3, -0.25) is 0 Å². The molecule has 1 aromatic heterocycles. The van der Waals surface area contributed by atoms with Gasteiger partial charge in [0.15, 0.2) is 0 Å². The molecule has 0 aliphatic heterocycles. The fourth-order valence-electron chi connectivity index (χ4n) is 2.21. The molecule has 3 rings (SSSR count). The fourth-order valence-corrected chi connectivity index (χ4v) is 2.21. The number of fused-ring (bicyclic) bond motifs is 1. The summed E-state index contributed by atoms with van der Waals surface area (Å²) in [6, 6.07) is 12.5. The Morgan fingerprint density at radius 2 is 1.85 bits per heavy atom. The van der Waals surface area contributed by atoms with E-state index in [1.165, 1.54) is 0 Å². The van der Waals surface area contributed by atoms with Crippen molar-refractivity contribution in [3.63, 3.8) is 0 Å². The van der Waals surface area contributed by atoms with Crippen molar-refractivity contribution in [2.24, 2.45) is 5.73 Å². The summed E-state index contributed by atoms with van der Waals surface area (Å²) >= 11 is 0. The quantitative estimate of drug-likeness (QED) is 0.763. The number of ether oxygens (including phenoxy) is 1. The van der Waals surface area contributed by atoms with Gasteiger partial charge in [-0.25, -0.2) is 0 Å². The predicted octanol–water partition coefficient (Wildman–Crippen LogP) is 3.18. The molecule has 0 radical (unpaired) electrons. The highest BCUT2D eigenvalue weighted by atomic mass is 16.5. The van der Waals surface area contributed by atoms with Crippen molar-refractivity contribution < 1.29 is 14.3 Å². The van der Waals surface area contributed by atoms with Gasteiger partial charge in [0.1, 0.15) is 23.7 Å². The molecule has 0 atom stereocenters. The van der Waals surface area contributed by atoms with Gasteiger partial charge in [0.05, 0.1) is 6.26 Å². The molecule has 3 N–H and O–H groups in total. The Bertz CT molecular complexity index is 716. The highest BCUT2D eigenvalue weighted by Gasteiger charge is 2.10. The summed E-state index contributed by atoms with van der Waals surface area (Å²) in [5.74, 6) is 0.916. The fraction of sp³-hybridized carbons (Fsp3) is 0.125. The van der Waals surface area contributed by atoms with Gasteiger partial charge in [0.2, 0.25) is 0 Å². The van der Waals surface area contributed by atoms with E-state index in [2.05, 4.69) is 0 Å². The molecule has 0 aliphatic rings. The number of furan rings is 1. The highest BCUT2D eigenvalue weighted by molar-refractivity contribution is 5.84. The largest absolute Gasteiger partial charge is 0.508 e. The summed E-state index contributed by atoms with van der Waals surface area (Å²) in [7, 11) is 0. The zero-order valence-electron chi connectivity index (χ0n) is 10.9. The van der Waals surface area contributed by atoms with E-state index in [0.717, 1.165) is 22.1 Å². The Kier molecular flexibility index (Phi) is 3.31. The lowest BCUT2D eigenvalue weighted by molar-refractivity contribution is 0.305. The normalized spacial score (nSPS) is 10.8. The monoisotopic (exact) mass is 269 g/mol. The molecule has 0 saturated carbocycles. The molecule has 4 heteroatoms. The van der Waals surface area contributed by atoms with Crippen LogP contribution in [0, 0.1) is 0 Å². The highest BCUT2D eigenvalue weighted by Crippen LogP contribution is 2.26. The lowest BCUT2D eigenvalue weighted by Crippen LogP contribution is -1.99. The molecule has 2 aromatic carbocycles. The van der Waals surface area contributed by atoms with Gasteiger partial charge in [-0.15, -0.1) is 0 Å². The average Bonchev–Trinajstić information content (AvgIpc) is 2.90. The van der Waals surface area contributed by atoms with Crippen molar-refractivity contribution >= 4 is 11.0 Å². The van der Waals surface area contributed by atoms with Crippen LogP contribution in [0.4, 0.5) is 0 Å². The van der Waals surface area contributed by atoms with Crippen LogP contribution in [-0.4, -0.2) is 5.11 Å². The second-order valence-electron chi connectivity index (χ2n) is 4.54. The van der Waals surface area contributed by atoms with Gasteiger partial charge in [0.25, 0.3) is 0 Å². The second kappa shape index (κ2) is 5.27. The minimum absolute atomic E-state index is 0.219. The zero-order valence-corrected chi connectivity index (χ0v) is 10.9. The van der Waals surface area contributed by atoms with Crippen LogP contribution >= 0.6 is 0 Å². The number of hydrogen-bond acceptors (Lipinski definition) is 4. The summed E-state index contributed by atoms with van der Waals surface area (Å²) in [5.41, 5.74) is 8.58. The molecule has 0 unspecified atom stereocenters. The Balaban J connectivity index is 1.86. The third-order valence-corrected chi connectivity index (χ3v) is 3.21. The standard InChI is InChI=1S/C16H15NO3/c17-8-11-2-1-3-15-16(11)12(10-20-15)9-19-14-6-4-13(18)5-7-14/h1-7,10,18H,8-9,17H2. The number of benzene rings is 2. The van der Waals surface area contributed by atoms with Gasteiger partial charge in [-0.1, -0.05) is 12.1 Å². The maximum Gasteiger partial charge on any atom is 0.134 e. The van der Waals surface area contributed by atoms with Crippen LogP contribution in [0.2, 0.25) is 0 Å². The molecule has 0 bridgehead atoms. The van der Waals surface area contributed by atoms with Crippen LogP contribution in [-0.2, 0) is 13.2 Å². The predicted molar refractivity (Wildman–Crippen MR) is 76.5 cm³/mol. The average molecular weight is 269 g/mol. The number of hydrogen-bond donors (Lipinski definition) is 2. The van der Waals surface area contributed by atoms with E-state index in [-0.39, 0.29) is 5.75 Å². The number of aromatic hydroxyl groups is 1. The van der Waals surface area contributed by atoms with E-state index in [1.54, 1.807) is 30.5 Å². The zero-order chi connectivity index (χ0) is 13.9. The molecule has 20 heavy (non-hydrogen) atoms. The van der Waals surface area contributed by atoms with Crippen molar-refractivity contribution in [2.75, 3.05) is 0 Å². The Labute approximate surface area is 116 Å². The Hall–Kier alpha value is -2.46. The number of phenols is 1. The molecule has 3 aromatic rings. The van der Waals surface area contributed by atoms with E-state index in [0.29, 0.717) is 18.9 Å². The molecule has 0 fully saturated rings.